The minimum absolute atomic E-state index is 0.103. The highest BCUT2D eigenvalue weighted by Crippen LogP contribution is 1.91. The summed E-state index contributed by atoms with van der Waals surface area (Å²) in [5, 5.41) is 2.92. The molecule has 0 saturated heterocycles. The summed E-state index contributed by atoms with van der Waals surface area (Å²) in [7, 11) is 0. The van der Waals surface area contributed by atoms with Crippen LogP contribution in [0.5, 0.6) is 0 Å². The average Bonchev–Trinajstić information content (AvgIpc) is 2.46. The summed E-state index contributed by atoms with van der Waals surface area (Å²) < 4.78 is 7.47. The molecule has 112 valence electrons. The standard InChI is InChI=1S/C16H26N2O2/c1-3-4-13-20-14-5-9-17-16(19)8-12-18-10-6-15(2)7-11-18/h6-7,10-11H,3-5,8-9,12-14H2,1-2H3/p+1. The minimum Gasteiger partial charge on any atom is -0.381 e. The van der Waals surface area contributed by atoms with Gasteiger partial charge in [0.05, 0.1) is 6.42 Å². The predicted octanol–water partition coefficient (Wildman–Crippen LogP) is 2.00. The summed E-state index contributed by atoms with van der Waals surface area (Å²) in [5.74, 6) is 0.103. The topological polar surface area (TPSA) is 42.2 Å². The largest absolute Gasteiger partial charge is 0.381 e. The number of aryl methyl sites for hydroxylation is 2. The molecule has 0 radical (unpaired) electrons. The lowest BCUT2D eigenvalue weighted by atomic mass is 10.3. The third-order valence-corrected chi connectivity index (χ3v) is 3.08. The minimum atomic E-state index is 0.103. The van der Waals surface area contributed by atoms with Crippen LogP contribution in [-0.4, -0.2) is 25.7 Å². The smallest absolute Gasteiger partial charge is 0.226 e. The maximum absolute atomic E-state index is 11.7. The van der Waals surface area contributed by atoms with Crippen molar-refractivity contribution in [2.75, 3.05) is 19.8 Å². The monoisotopic (exact) mass is 279 g/mol. The van der Waals surface area contributed by atoms with Crippen LogP contribution < -0.4 is 9.88 Å². The second kappa shape index (κ2) is 10.4. The lowest BCUT2D eigenvalue weighted by Crippen LogP contribution is -2.36. The zero-order valence-corrected chi connectivity index (χ0v) is 12.7. The van der Waals surface area contributed by atoms with Crippen molar-refractivity contribution < 1.29 is 14.1 Å². The van der Waals surface area contributed by atoms with Gasteiger partial charge in [-0.25, -0.2) is 4.57 Å². The summed E-state index contributed by atoms with van der Waals surface area (Å²) in [6.07, 6.45) is 7.68. The van der Waals surface area contributed by atoms with Crippen molar-refractivity contribution in [3.63, 3.8) is 0 Å². The van der Waals surface area contributed by atoms with Gasteiger partial charge in [0.15, 0.2) is 18.9 Å². The van der Waals surface area contributed by atoms with Gasteiger partial charge >= 0.3 is 0 Å². The highest BCUT2D eigenvalue weighted by molar-refractivity contribution is 5.75. The predicted molar refractivity (Wildman–Crippen MR) is 79.3 cm³/mol. The van der Waals surface area contributed by atoms with E-state index >= 15 is 0 Å². The first-order chi connectivity index (χ1) is 9.72. The Kier molecular flexibility index (Phi) is 8.63. The van der Waals surface area contributed by atoms with Crippen LogP contribution in [0.15, 0.2) is 24.5 Å². The molecule has 4 nitrogen and oxygen atoms in total. The molecule has 1 amide bonds. The van der Waals surface area contributed by atoms with Crippen LogP contribution in [0, 0.1) is 6.92 Å². The second-order valence-corrected chi connectivity index (χ2v) is 5.03. The molecular weight excluding hydrogens is 252 g/mol. The number of carbonyl (C=O) groups excluding carboxylic acids is 1. The van der Waals surface area contributed by atoms with Gasteiger partial charge in [0.1, 0.15) is 0 Å². The van der Waals surface area contributed by atoms with Crippen LogP contribution in [0.2, 0.25) is 0 Å². The Morgan fingerprint density at radius 3 is 2.65 bits per heavy atom. The number of nitrogens with zero attached hydrogens (tertiary/aromatic N) is 1. The molecule has 0 unspecified atom stereocenters. The van der Waals surface area contributed by atoms with E-state index in [1.54, 1.807) is 0 Å². The van der Waals surface area contributed by atoms with Crippen molar-refractivity contribution in [3.8, 4) is 0 Å². The zero-order chi connectivity index (χ0) is 14.6. The summed E-state index contributed by atoms with van der Waals surface area (Å²) in [4.78, 5) is 11.7. The SMILES string of the molecule is CCCCOCCCNC(=O)CC[n+]1ccc(C)cc1. The molecule has 0 aromatic carbocycles. The molecule has 1 aromatic rings. The molecule has 0 atom stereocenters. The first-order valence-electron chi connectivity index (χ1n) is 7.52. The van der Waals surface area contributed by atoms with Crippen LogP contribution in [0.4, 0.5) is 0 Å². The van der Waals surface area contributed by atoms with Crippen LogP contribution in [0.3, 0.4) is 0 Å². The zero-order valence-electron chi connectivity index (χ0n) is 12.7. The number of hydrogen-bond donors (Lipinski definition) is 1. The first kappa shape index (κ1) is 16.6. The number of rotatable bonds is 10. The quantitative estimate of drug-likeness (QED) is 0.526. The number of aromatic nitrogens is 1. The Hall–Kier alpha value is -1.42. The molecule has 0 aliphatic heterocycles. The van der Waals surface area contributed by atoms with Gasteiger partial charge in [0, 0.05) is 31.9 Å². The normalized spacial score (nSPS) is 10.5. The fraction of sp³-hybridized carbons (Fsp3) is 0.625. The third-order valence-electron chi connectivity index (χ3n) is 3.08. The number of amides is 1. The van der Waals surface area contributed by atoms with Crippen molar-refractivity contribution >= 4 is 5.91 Å². The maximum atomic E-state index is 11.7. The second-order valence-electron chi connectivity index (χ2n) is 5.03. The molecule has 4 heteroatoms. The highest BCUT2D eigenvalue weighted by atomic mass is 16.5. The molecular formula is C16H27N2O2+. The molecule has 0 fully saturated rings. The summed E-state index contributed by atoms with van der Waals surface area (Å²) >= 11 is 0. The summed E-state index contributed by atoms with van der Waals surface area (Å²) in [6, 6.07) is 4.09. The number of ether oxygens (including phenoxy) is 1. The first-order valence-corrected chi connectivity index (χ1v) is 7.52. The van der Waals surface area contributed by atoms with Crippen molar-refractivity contribution in [3.05, 3.63) is 30.1 Å². The molecule has 1 N–H and O–H groups in total. The van der Waals surface area contributed by atoms with E-state index in [9.17, 15) is 4.79 Å². The number of pyridine rings is 1. The van der Waals surface area contributed by atoms with E-state index in [1.807, 2.05) is 29.1 Å². The third kappa shape index (κ3) is 7.89. The van der Waals surface area contributed by atoms with Crippen molar-refractivity contribution in [2.45, 2.75) is 46.1 Å². The van der Waals surface area contributed by atoms with Crippen molar-refractivity contribution in [2.24, 2.45) is 0 Å². The molecule has 0 aliphatic rings. The fourth-order valence-corrected chi connectivity index (χ4v) is 1.75. The Labute approximate surface area is 122 Å². The van der Waals surface area contributed by atoms with Crippen LogP contribution in [0.1, 0.15) is 38.2 Å². The van der Waals surface area contributed by atoms with Gasteiger partial charge in [-0.2, -0.15) is 0 Å². The molecule has 0 aliphatic carbocycles. The van der Waals surface area contributed by atoms with Gasteiger partial charge in [-0.3, -0.25) is 4.79 Å². The Balaban J connectivity index is 2.01. The van der Waals surface area contributed by atoms with E-state index in [0.717, 1.165) is 39.0 Å². The van der Waals surface area contributed by atoms with Gasteiger partial charge in [-0.15, -0.1) is 0 Å². The van der Waals surface area contributed by atoms with Gasteiger partial charge in [0.2, 0.25) is 5.91 Å². The Bertz CT molecular complexity index is 377. The van der Waals surface area contributed by atoms with E-state index in [1.165, 1.54) is 5.56 Å². The van der Waals surface area contributed by atoms with Gasteiger partial charge in [0.25, 0.3) is 0 Å². The van der Waals surface area contributed by atoms with E-state index < -0.39 is 0 Å². The molecule has 1 aromatic heterocycles. The van der Waals surface area contributed by atoms with Crippen molar-refractivity contribution in [1.29, 1.82) is 0 Å². The lowest BCUT2D eigenvalue weighted by molar-refractivity contribution is -0.695. The fourth-order valence-electron chi connectivity index (χ4n) is 1.75. The van der Waals surface area contributed by atoms with Gasteiger partial charge in [-0.05, 0) is 25.3 Å². The Morgan fingerprint density at radius 2 is 1.95 bits per heavy atom. The molecule has 0 saturated carbocycles. The van der Waals surface area contributed by atoms with Gasteiger partial charge in [-0.1, -0.05) is 13.3 Å². The molecule has 1 heterocycles. The average molecular weight is 279 g/mol. The van der Waals surface area contributed by atoms with E-state index in [-0.39, 0.29) is 5.91 Å². The van der Waals surface area contributed by atoms with Crippen LogP contribution >= 0.6 is 0 Å². The van der Waals surface area contributed by atoms with Crippen LogP contribution in [-0.2, 0) is 16.1 Å². The lowest BCUT2D eigenvalue weighted by Gasteiger charge is -2.05. The van der Waals surface area contributed by atoms with E-state index in [2.05, 4.69) is 19.2 Å². The highest BCUT2D eigenvalue weighted by Gasteiger charge is 2.05. The van der Waals surface area contributed by atoms with E-state index in [0.29, 0.717) is 13.0 Å². The van der Waals surface area contributed by atoms with Crippen LogP contribution in [0.25, 0.3) is 0 Å². The number of hydrogen-bond acceptors (Lipinski definition) is 2. The summed E-state index contributed by atoms with van der Waals surface area (Å²) in [6.45, 7) is 7.18. The molecule has 0 bridgehead atoms. The Morgan fingerprint density at radius 1 is 1.25 bits per heavy atom. The molecule has 1 rings (SSSR count). The number of nitrogens with one attached hydrogen (secondary N) is 1. The van der Waals surface area contributed by atoms with E-state index in [4.69, 9.17) is 4.74 Å². The summed E-state index contributed by atoms with van der Waals surface area (Å²) in [5.41, 5.74) is 1.23. The molecule has 20 heavy (non-hydrogen) atoms. The maximum Gasteiger partial charge on any atom is 0.226 e. The van der Waals surface area contributed by atoms with Crippen molar-refractivity contribution in [1.82, 2.24) is 5.32 Å². The number of unbranched alkanes of at least 4 members (excludes halogenated alkanes) is 1. The van der Waals surface area contributed by atoms with Gasteiger partial charge < -0.3 is 10.1 Å². The number of carbonyl (C=O) groups is 1. The molecule has 0 spiro atoms.